The molecule has 5 heteroatoms. The van der Waals surface area contributed by atoms with E-state index in [9.17, 15) is 4.79 Å². The van der Waals surface area contributed by atoms with E-state index in [1.807, 2.05) is 31.2 Å². The van der Waals surface area contributed by atoms with Crippen molar-refractivity contribution in [3.05, 3.63) is 48.0 Å². The Morgan fingerprint density at radius 3 is 2.82 bits per heavy atom. The molecule has 3 rings (SSSR count). The highest BCUT2D eigenvalue weighted by Crippen LogP contribution is 2.34. The normalized spacial score (nSPS) is 13.5. The van der Waals surface area contributed by atoms with Crippen molar-refractivity contribution in [2.24, 2.45) is 0 Å². The van der Waals surface area contributed by atoms with Gasteiger partial charge in [-0.25, -0.2) is 0 Å². The molecule has 1 aliphatic heterocycles. The summed E-state index contributed by atoms with van der Waals surface area (Å²) in [5.41, 5.74) is 1.73. The molecule has 1 heterocycles. The fourth-order valence-electron chi connectivity index (χ4n) is 2.16. The van der Waals surface area contributed by atoms with Gasteiger partial charge in [0, 0.05) is 11.8 Å². The Kier molecular flexibility index (Phi) is 3.87. The maximum absolute atomic E-state index is 12.2. The molecule has 0 bridgehead atoms. The minimum Gasteiger partial charge on any atom is -0.481 e. The SMILES string of the molecule is Cc1cccc(O[C@H](C)C(=O)Nc2ccc3c(c2)OCO3)c1. The van der Waals surface area contributed by atoms with Crippen molar-refractivity contribution in [1.29, 1.82) is 0 Å². The summed E-state index contributed by atoms with van der Waals surface area (Å²) < 4.78 is 16.2. The van der Waals surface area contributed by atoms with Crippen LogP contribution >= 0.6 is 0 Å². The van der Waals surface area contributed by atoms with Crippen molar-refractivity contribution in [2.75, 3.05) is 12.1 Å². The molecular weight excluding hydrogens is 282 g/mol. The van der Waals surface area contributed by atoms with Gasteiger partial charge in [-0.3, -0.25) is 4.79 Å². The topological polar surface area (TPSA) is 56.8 Å². The van der Waals surface area contributed by atoms with Crippen LogP contribution in [0.3, 0.4) is 0 Å². The lowest BCUT2D eigenvalue weighted by Crippen LogP contribution is -2.30. The molecule has 0 aromatic heterocycles. The zero-order chi connectivity index (χ0) is 15.5. The number of ether oxygens (including phenoxy) is 3. The van der Waals surface area contributed by atoms with E-state index in [0.29, 0.717) is 22.9 Å². The summed E-state index contributed by atoms with van der Waals surface area (Å²) in [6.07, 6.45) is -0.604. The third-order valence-electron chi connectivity index (χ3n) is 3.31. The molecule has 1 amide bonds. The van der Waals surface area contributed by atoms with Crippen LogP contribution in [0.25, 0.3) is 0 Å². The Labute approximate surface area is 128 Å². The summed E-state index contributed by atoms with van der Waals surface area (Å²) in [6.45, 7) is 3.90. The molecule has 0 spiro atoms. The van der Waals surface area contributed by atoms with Gasteiger partial charge in [-0.15, -0.1) is 0 Å². The van der Waals surface area contributed by atoms with Crippen LogP contribution in [0.15, 0.2) is 42.5 Å². The standard InChI is InChI=1S/C17H17NO4/c1-11-4-3-5-14(8-11)22-12(2)17(19)18-13-6-7-15-16(9-13)21-10-20-15/h3-9,12H,10H2,1-2H3,(H,18,19)/t12-/m1/s1. The van der Waals surface area contributed by atoms with E-state index in [1.54, 1.807) is 25.1 Å². The van der Waals surface area contributed by atoms with Gasteiger partial charge in [0.25, 0.3) is 5.91 Å². The van der Waals surface area contributed by atoms with E-state index in [4.69, 9.17) is 14.2 Å². The summed E-state index contributed by atoms with van der Waals surface area (Å²) in [6, 6.07) is 12.9. The van der Waals surface area contributed by atoms with E-state index in [2.05, 4.69) is 5.32 Å². The van der Waals surface area contributed by atoms with E-state index in [0.717, 1.165) is 5.56 Å². The van der Waals surface area contributed by atoms with Crippen LogP contribution in [0.4, 0.5) is 5.69 Å². The van der Waals surface area contributed by atoms with Crippen LogP contribution < -0.4 is 19.5 Å². The first-order valence-corrected chi connectivity index (χ1v) is 7.05. The molecule has 0 aliphatic carbocycles. The zero-order valence-corrected chi connectivity index (χ0v) is 12.5. The highest BCUT2D eigenvalue weighted by Gasteiger charge is 2.18. The maximum Gasteiger partial charge on any atom is 0.265 e. The molecular formula is C17H17NO4. The summed E-state index contributed by atoms with van der Waals surface area (Å²) in [5.74, 6) is 1.76. The number of nitrogens with one attached hydrogen (secondary N) is 1. The van der Waals surface area contributed by atoms with E-state index in [1.165, 1.54) is 0 Å². The average Bonchev–Trinajstić information content (AvgIpc) is 2.94. The smallest absolute Gasteiger partial charge is 0.265 e. The molecule has 2 aromatic rings. The molecule has 2 aromatic carbocycles. The molecule has 1 aliphatic rings. The van der Waals surface area contributed by atoms with Gasteiger partial charge in [-0.2, -0.15) is 0 Å². The lowest BCUT2D eigenvalue weighted by molar-refractivity contribution is -0.122. The number of hydrogen-bond acceptors (Lipinski definition) is 4. The highest BCUT2D eigenvalue weighted by atomic mass is 16.7. The lowest BCUT2D eigenvalue weighted by Gasteiger charge is -2.15. The van der Waals surface area contributed by atoms with Crippen molar-refractivity contribution in [3.63, 3.8) is 0 Å². The zero-order valence-electron chi connectivity index (χ0n) is 12.5. The Balaban J connectivity index is 1.64. The first kappa shape index (κ1) is 14.3. The van der Waals surface area contributed by atoms with Crippen LogP contribution in [0.1, 0.15) is 12.5 Å². The first-order chi connectivity index (χ1) is 10.6. The summed E-state index contributed by atoms with van der Waals surface area (Å²) in [4.78, 5) is 12.2. The third kappa shape index (κ3) is 3.14. The van der Waals surface area contributed by atoms with Gasteiger partial charge in [0.05, 0.1) is 0 Å². The quantitative estimate of drug-likeness (QED) is 0.942. The number of aryl methyl sites for hydroxylation is 1. The van der Waals surface area contributed by atoms with Gasteiger partial charge >= 0.3 is 0 Å². The molecule has 0 radical (unpaired) electrons. The van der Waals surface area contributed by atoms with Gasteiger partial charge in [0.2, 0.25) is 6.79 Å². The molecule has 1 atom stereocenters. The molecule has 0 unspecified atom stereocenters. The van der Waals surface area contributed by atoms with Gasteiger partial charge in [0.1, 0.15) is 5.75 Å². The van der Waals surface area contributed by atoms with Crippen LogP contribution in [0.5, 0.6) is 17.2 Å². The highest BCUT2D eigenvalue weighted by molar-refractivity contribution is 5.94. The molecule has 5 nitrogen and oxygen atoms in total. The number of hydrogen-bond donors (Lipinski definition) is 1. The number of carbonyl (C=O) groups is 1. The summed E-state index contributed by atoms with van der Waals surface area (Å²) >= 11 is 0. The van der Waals surface area contributed by atoms with Crippen LogP contribution in [-0.4, -0.2) is 18.8 Å². The molecule has 0 saturated heterocycles. The van der Waals surface area contributed by atoms with Crippen molar-refractivity contribution < 1.29 is 19.0 Å². The minimum atomic E-state index is -0.604. The number of anilines is 1. The Morgan fingerprint density at radius 1 is 1.18 bits per heavy atom. The van der Waals surface area contributed by atoms with Crippen molar-refractivity contribution in [3.8, 4) is 17.2 Å². The minimum absolute atomic E-state index is 0.208. The van der Waals surface area contributed by atoms with E-state index in [-0.39, 0.29) is 12.7 Å². The van der Waals surface area contributed by atoms with Gasteiger partial charge in [-0.1, -0.05) is 12.1 Å². The second kappa shape index (κ2) is 5.97. The molecule has 0 fully saturated rings. The van der Waals surface area contributed by atoms with Crippen LogP contribution in [0, 0.1) is 6.92 Å². The maximum atomic E-state index is 12.2. The molecule has 22 heavy (non-hydrogen) atoms. The van der Waals surface area contributed by atoms with E-state index >= 15 is 0 Å². The monoisotopic (exact) mass is 299 g/mol. The predicted molar refractivity (Wildman–Crippen MR) is 82.5 cm³/mol. The van der Waals surface area contributed by atoms with Crippen LogP contribution in [0.2, 0.25) is 0 Å². The van der Waals surface area contributed by atoms with Crippen molar-refractivity contribution in [1.82, 2.24) is 0 Å². The van der Waals surface area contributed by atoms with Crippen LogP contribution in [-0.2, 0) is 4.79 Å². The Morgan fingerprint density at radius 2 is 2.00 bits per heavy atom. The molecule has 1 N–H and O–H groups in total. The Hall–Kier alpha value is -2.69. The molecule has 114 valence electrons. The second-order valence-corrected chi connectivity index (χ2v) is 5.13. The third-order valence-corrected chi connectivity index (χ3v) is 3.31. The average molecular weight is 299 g/mol. The number of fused-ring (bicyclic) bond motifs is 1. The fourth-order valence-corrected chi connectivity index (χ4v) is 2.16. The van der Waals surface area contributed by atoms with E-state index < -0.39 is 6.10 Å². The van der Waals surface area contributed by atoms with Gasteiger partial charge in [0.15, 0.2) is 17.6 Å². The summed E-state index contributed by atoms with van der Waals surface area (Å²) in [5, 5.41) is 2.81. The number of amides is 1. The van der Waals surface area contributed by atoms with Crippen molar-refractivity contribution >= 4 is 11.6 Å². The fraction of sp³-hybridized carbons (Fsp3) is 0.235. The Bertz CT molecular complexity index is 699. The number of benzene rings is 2. The number of carbonyl (C=O) groups excluding carboxylic acids is 1. The lowest BCUT2D eigenvalue weighted by atomic mass is 10.2. The summed E-state index contributed by atoms with van der Waals surface area (Å²) in [7, 11) is 0. The molecule has 0 saturated carbocycles. The van der Waals surface area contributed by atoms with Gasteiger partial charge in [-0.05, 0) is 43.7 Å². The second-order valence-electron chi connectivity index (χ2n) is 5.13. The number of rotatable bonds is 4. The van der Waals surface area contributed by atoms with Crippen molar-refractivity contribution in [2.45, 2.75) is 20.0 Å². The van der Waals surface area contributed by atoms with Gasteiger partial charge < -0.3 is 19.5 Å². The first-order valence-electron chi connectivity index (χ1n) is 7.05. The largest absolute Gasteiger partial charge is 0.481 e. The predicted octanol–water partition coefficient (Wildman–Crippen LogP) is 3.13.